The molecule has 0 bridgehead atoms. The molecule has 0 radical (unpaired) electrons. The molecule has 1 aromatic heterocycles. The second kappa shape index (κ2) is 9.48. The van der Waals surface area contributed by atoms with Gasteiger partial charge in [0.1, 0.15) is 5.69 Å². The largest absolute Gasteiger partial charge is 0.397 e. The minimum Gasteiger partial charge on any atom is -0.397 e. The van der Waals surface area contributed by atoms with E-state index in [0.717, 1.165) is 13.0 Å². The van der Waals surface area contributed by atoms with Crippen LogP contribution in [0.15, 0.2) is 12.3 Å². The summed E-state index contributed by atoms with van der Waals surface area (Å²) in [5.74, 6) is -0.0698. The van der Waals surface area contributed by atoms with Crippen molar-refractivity contribution in [3.8, 4) is 0 Å². The summed E-state index contributed by atoms with van der Waals surface area (Å²) in [6, 6.07) is 1.66. The molecule has 0 unspecified atom stereocenters. The van der Waals surface area contributed by atoms with Gasteiger partial charge in [-0.05, 0) is 12.5 Å². The van der Waals surface area contributed by atoms with Crippen LogP contribution in [0, 0.1) is 0 Å². The van der Waals surface area contributed by atoms with Crippen LogP contribution in [0.1, 0.15) is 68.8 Å². The van der Waals surface area contributed by atoms with Crippen molar-refractivity contribution in [1.82, 2.24) is 10.3 Å². The Labute approximate surface area is 116 Å². The van der Waals surface area contributed by atoms with Gasteiger partial charge >= 0.3 is 0 Å². The monoisotopic (exact) mass is 265 g/mol. The van der Waals surface area contributed by atoms with E-state index >= 15 is 0 Å². The van der Waals surface area contributed by atoms with Crippen LogP contribution in [0.2, 0.25) is 0 Å². The second-order valence-electron chi connectivity index (χ2n) is 5.08. The Morgan fingerprint density at radius 2 is 1.79 bits per heavy atom. The van der Waals surface area contributed by atoms with E-state index in [1.54, 1.807) is 12.3 Å². The minimum atomic E-state index is -0.0698. The fourth-order valence-corrected chi connectivity index (χ4v) is 2.10. The van der Waals surface area contributed by atoms with Crippen molar-refractivity contribution in [2.45, 2.75) is 58.3 Å². The molecule has 4 nitrogen and oxygen atoms in total. The number of rotatable bonds is 10. The van der Waals surface area contributed by atoms with Gasteiger partial charge < -0.3 is 16.0 Å². The highest BCUT2D eigenvalue weighted by Crippen LogP contribution is 2.08. The maximum atomic E-state index is 11.7. The molecule has 4 N–H and O–H groups in total. The Morgan fingerprint density at radius 1 is 1.16 bits per heavy atom. The van der Waals surface area contributed by atoms with Crippen LogP contribution in [-0.2, 0) is 0 Å². The van der Waals surface area contributed by atoms with Gasteiger partial charge in [-0.1, -0.05) is 51.9 Å². The maximum absolute atomic E-state index is 11.7. The lowest BCUT2D eigenvalue weighted by Gasteiger charge is -2.04. The molecular formula is C15H27N3O. The summed E-state index contributed by atoms with van der Waals surface area (Å²) in [6.07, 6.45) is 11.8. The van der Waals surface area contributed by atoms with E-state index in [1.165, 1.54) is 44.9 Å². The first kappa shape index (κ1) is 15.6. The topological polar surface area (TPSA) is 70.9 Å². The number of hydrogen-bond acceptors (Lipinski definition) is 2. The van der Waals surface area contributed by atoms with Crippen LogP contribution < -0.4 is 11.1 Å². The zero-order valence-electron chi connectivity index (χ0n) is 12.0. The van der Waals surface area contributed by atoms with E-state index in [0.29, 0.717) is 11.4 Å². The van der Waals surface area contributed by atoms with Gasteiger partial charge in [0, 0.05) is 18.4 Å². The Bertz CT molecular complexity index is 360. The lowest BCUT2D eigenvalue weighted by molar-refractivity contribution is 0.0948. The third kappa shape index (κ3) is 6.89. The molecule has 19 heavy (non-hydrogen) atoms. The highest BCUT2D eigenvalue weighted by atomic mass is 16.1. The molecule has 4 heteroatoms. The number of hydrogen-bond donors (Lipinski definition) is 3. The molecule has 0 spiro atoms. The number of H-pyrrole nitrogens is 1. The highest BCUT2D eigenvalue weighted by Gasteiger charge is 2.05. The number of nitrogen functional groups attached to an aromatic ring is 1. The summed E-state index contributed by atoms with van der Waals surface area (Å²) in [4.78, 5) is 14.5. The number of carbonyl (C=O) groups excluding carboxylic acids is 1. The zero-order valence-corrected chi connectivity index (χ0v) is 12.0. The van der Waals surface area contributed by atoms with Gasteiger partial charge in [-0.2, -0.15) is 0 Å². The van der Waals surface area contributed by atoms with Gasteiger partial charge in [-0.15, -0.1) is 0 Å². The second-order valence-corrected chi connectivity index (χ2v) is 5.08. The lowest BCUT2D eigenvalue weighted by atomic mass is 10.1. The van der Waals surface area contributed by atoms with Crippen molar-refractivity contribution >= 4 is 11.6 Å². The van der Waals surface area contributed by atoms with Crippen molar-refractivity contribution in [2.24, 2.45) is 0 Å². The van der Waals surface area contributed by atoms with Crippen molar-refractivity contribution in [1.29, 1.82) is 0 Å². The number of amides is 1. The first-order valence-corrected chi connectivity index (χ1v) is 7.46. The average molecular weight is 265 g/mol. The standard InChI is InChI=1S/C15H27N3O/c1-2-3-4-5-6-7-8-9-10-17-15(19)14-11-13(16)12-18-14/h11-12,18H,2-10,16H2,1H3,(H,17,19). The maximum Gasteiger partial charge on any atom is 0.267 e. The summed E-state index contributed by atoms with van der Waals surface area (Å²) in [6.45, 7) is 2.98. The molecule has 1 heterocycles. The molecule has 0 aromatic carbocycles. The SMILES string of the molecule is CCCCCCCCCCNC(=O)c1cc(N)c[nH]1. The van der Waals surface area contributed by atoms with Crippen LogP contribution in [-0.4, -0.2) is 17.4 Å². The van der Waals surface area contributed by atoms with Gasteiger partial charge in [0.05, 0.1) is 0 Å². The molecule has 0 fully saturated rings. The number of aromatic nitrogens is 1. The van der Waals surface area contributed by atoms with Gasteiger partial charge in [0.25, 0.3) is 5.91 Å². The van der Waals surface area contributed by atoms with Crippen LogP contribution >= 0.6 is 0 Å². The third-order valence-electron chi connectivity index (χ3n) is 3.27. The molecule has 1 aromatic rings. The molecule has 0 saturated carbocycles. The number of unbranched alkanes of at least 4 members (excludes halogenated alkanes) is 7. The Hall–Kier alpha value is -1.45. The zero-order chi connectivity index (χ0) is 13.9. The van der Waals surface area contributed by atoms with Crippen molar-refractivity contribution in [3.63, 3.8) is 0 Å². The van der Waals surface area contributed by atoms with E-state index in [-0.39, 0.29) is 5.91 Å². The van der Waals surface area contributed by atoms with E-state index in [2.05, 4.69) is 17.2 Å². The first-order chi connectivity index (χ1) is 9.24. The molecular weight excluding hydrogens is 238 g/mol. The van der Waals surface area contributed by atoms with E-state index < -0.39 is 0 Å². The summed E-state index contributed by atoms with van der Waals surface area (Å²) in [5.41, 5.74) is 6.68. The first-order valence-electron chi connectivity index (χ1n) is 7.46. The summed E-state index contributed by atoms with van der Waals surface area (Å²) < 4.78 is 0. The number of anilines is 1. The summed E-state index contributed by atoms with van der Waals surface area (Å²) in [5, 5.41) is 2.90. The minimum absolute atomic E-state index is 0.0698. The molecule has 108 valence electrons. The van der Waals surface area contributed by atoms with Crippen molar-refractivity contribution in [3.05, 3.63) is 18.0 Å². The molecule has 0 saturated heterocycles. The van der Waals surface area contributed by atoms with E-state index in [4.69, 9.17) is 5.73 Å². The molecule has 1 rings (SSSR count). The van der Waals surface area contributed by atoms with E-state index in [9.17, 15) is 4.79 Å². The highest BCUT2D eigenvalue weighted by molar-refractivity contribution is 5.93. The van der Waals surface area contributed by atoms with Crippen molar-refractivity contribution in [2.75, 3.05) is 12.3 Å². The lowest BCUT2D eigenvalue weighted by Crippen LogP contribution is -2.24. The fourth-order valence-electron chi connectivity index (χ4n) is 2.10. The van der Waals surface area contributed by atoms with Crippen LogP contribution in [0.4, 0.5) is 5.69 Å². The Kier molecular flexibility index (Phi) is 7.78. The molecule has 0 atom stereocenters. The quantitative estimate of drug-likeness (QED) is 0.567. The summed E-state index contributed by atoms with van der Waals surface area (Å²) in [7, 11) is 0. The number of nitrogens with two attached hydrogens (primary N) is 1. The molecule has 0 aliphatic rings. The normalized spacial score (nSPS) is 10.6. The third-order valence-corrected chi connectivity index (χ3v) is 3.27. The van der Waals surface area contributed by atoms with Gasteiger partial charge in [-0.3, -0.25) is 4.79 Å². The van der Waals surface area contributed by atoms with Crippen LogP contribution in [0.3, 0.4) is 0 Å². The van der Waals surface area contributed by atoms with Gasteiger partial charge in [0.2, 0.25) is 0 Å². The van der Waals surface area contributed by atoms with Crippen LogP contribution in [0.25, 0.3) is 0 Å². The number of aromatic amines is 1. The smallest absolute Gasteiger partial charge is 0.267 e. The van der Waals surface area contributed by atoms with E-state index in [1.807, 2.05) is 0 Å². The van der Waals surface area contributed by atoms with Gasteiger partial charge in [0.15, 0.2) is 0 Å². The molecule has 0 aliphatic carbocycles. The fraction of sp³-hybridized carbons (Fsp3) is 0.667. The molecule has 1 amide bonds. The van der Waals surface area contributed by atoms with Crippen LogP contribution in [0.5, 0.6) is 0 Å². The number of carbonyl (C=O) groups is 1. The van der Waals surface area contributed by atoms with Gasteiger partial charge in [-0.25, -0.2) is 0 Å². The number of nitrogens with one attached hydrogen (secondary N) is 2. The Balaban J connectivity index is 1.95. The average Bonchev–Trinajstić information content (AvgIpc) is 2.83. The molecule has 0 aliphatic heterocycles. The van der Waals surface area contributed by atoms with Crippen molar-refractivity contribution < 1.29 is 4.79 Å². The predicted molar refractivity (Wildman–Crippen MR) is 80.1 cm³/mol. The Morgan fingerprint density at radius 3 is 2.37 bits per heavy atom. The summed E-state index contributed by atoms with van der Waals surface area (Å²) >= 11 is 0. The predicted octanol–water partition coefficient (Wildman–Crippen LogP) is 3.47.